The van der Waals surface area contributed by atoms with Crippen LogP contribution >= 0.6 is 0 Å². The summed E-state index contributed by atoms with van der Waals surface area (Å²) in [6, 6.07) is -0.539. The summed E-state index contributed by atoms with van der Waals surface area (Å²) in [7, 11) is 0. The van der Waals surface area contributed by atoms with Gasteiger partial charge in [0, 0.05) is 12.8 Å². The number of carbonyl (C=O) groups excluding carboxylic acids is 2. The van der Waals surface area contributed by atoms with E-state index in [1.54, 1.807) is 0 Å². The molecule has 0 aromatic heterocycles. The average molecular weight is 1070 g/mol. The summed E-state index contributed by atoms with van der Waals surface area (Å²) in [6.45, 7) is 4.99. The molecule has 0 heterocycles. The Kier molecular flexibility index (Phi) is 64.9. The van der Waals surface area contributed by atoms with E-state index in [-0.39, 0.29) is 18.5 Å². The fourth-order valence-electron chi connectivity index (χ4n) is 11.2. The number of rotatable bonds is 66. The summed E-state index contributed by atoms with van der Waals surface area (Å²) in [5.41, 5.74) is 0. The van der Waals surface area contributed by atoms with Crippen LogP contribution in [0.3, 0.4) is 0 Å². The first-order valence-electron chi connectivity index (χ1n) is 34.9. The van der Waals surface area contributed by atoms with Crippen LogP contribution in [-0.4, -0.2) is 47.4 Å². The maximum absolute atomic E-state index is 12.5. The standard InChI is InChI=1S/C70H137NO5/c1-3-5-7-9-11-13-15-17-19-20-28-32-36-40-44-48-52-56-60-64-70(75)76-65-61-57-53-49-45-41-37-33-30-27-25-23-21-22-24-26-29-31-35-39-43-47-51-55-59-63-69(74)71-67(66-72)68(73)62-58-54-50-46-42-38-34-18-16-14-12-10-8-6-4-2/h17,19,67-68,72-73H,3-16,18,20-66H2,1-2H3,(H,71,74)/b19-17-. The predicted molar refractivity (Wildman–Crippen MR) is 333 cm³/mol. The van der Waals surface area contributed by atoms with E-state index < -0.39 is 12.1 Å². The Morgan fingerprint density at radius 3 is 0.934 bits per heavy atom. The first-order chi connectivity index (χ1) is 37.5. The molecule has 0 spiro atoms. The number of nitrogens with one attached hydrogen (secondary N) is 1. The van der Waals surface area contributed by atoms with Crippen molar-refractivity contribution in [3.05, 3.63) is 12.2 Å². The third-order valence-electron chi connectivity index (χ3n) is 16.6. The van der Waals surface area contributed by atoms with Gasteiger partial charge in [-0.2, -0.15) is 0 Å². The lowest BCUT2D eigenvalue weighted by Gasteiger charge is -2.22. The van der Waals surface area contributed by atoms with E-state index in [1.807, 2.05) is 0 Å². The van der Waals surface area contributed by atoms with Crippen molar-refractivity contribution in [2.45, 2.75) is 411 Å². The van der Waals surface area contributed by atoms with E-state index >= 15 is 0 Å². The molecular weight excluding hydrogens is 935 g/mol. The minimum atomic E-state index is -0.662. The van der Waals surface area contributed by atoms with Crippen LogP contribution in [-0.2, 0) is 14.3 Å². The number of aliphatic hydroxyl groups is 2. The molecule has 0 saturated carbocycles. The fraction of sp³-hybridized carbons (Fsp3) is 0.943. The fourth-order valence-corrected chi connectivity index (χ4v) is 11.2. The van der Waals surface area contributed by atoms with Gasteiger partial charge in [-0.05, 0) is 51.4 Å². The minimum absolute atomic E-state index is 0.0171. The Bertz CT molecular complexity index is 1140. The van der Waals surface area contributed by atoms with Crippen molar-refractivity contribution in [2.24, 2.45) is 0 Å². The number of amides is 1. The summed E-state index contributed by atoms with van der Waals surface area (Å²) in [6.07, 6.45) is 81.1. The first kappa shape index (κ1) is 74.6. The SMILES string of the molecule is CCCCCCCC/C=C\CCCCCCCCCCCC(=O)OCCCCCCCCCCCCCCCCCCCCCCCCCCCC(=O)NC(CO)C(O)CCCCCCCCCCCCCCCCC. The molecule has 2 unspecified atom stereocenters. The monoisotopic (exact) mass is 1070 g/mol. The molecule has 1 amide bonds. The van der Waals surface area contributed by atoms with Crippen LogP contribution in [0.15, 0.2) is 12.2 Å². The maximum atomic E-state index is 12.5. The third-order valence-corrected chi connectivity index (χ3v) is 16.6. The van der Waals surface area contributed by atoms with Crippen molar-refractivity contribution < 1.29 is 24.5 Å². The second-order valence-electron chi connectivity index (χ2n) is 24.2. The van der Waals surface area contributed by atoms with Gasteiger partial charge in [-0.15, -0.1) is 0 Å². The number of ether oxygens (including phenoxy) is 1. The van der Waals surface area contributed by atoms with Gasteiger partial charge in [0.15, 0.2) is 0 Å². The van der Waals surface area contributed by atoms with Gasteiger partial charge in [0.1, 0.15) is 0 Å². The van der Waals surface area contributed by atoms with Gasteiger partial charge in [-0.3, -0.25) is 9.59 Å². The van der Waals surface area contributed by atoms with Crippen LogP contribution in [0.5, 0.6) is 0 Å². The molecule has 0 radical (unpaired) electrons. The topological polar surface area (TPSA) is 95.9 Å². The third kappa shape index (κ3) is 61.8. The molecule has 0 aliphatic rings. The summed E-state index contributed by atoms with van der Waals surface area (Å²) in [5, 5.41) is 23.3. The molecule has 6 heteroatoms. The highest BCUT2D eigenvalue weighted by Gasteiger charge is 2.20. The molecule has 3 N–H and O–H groups in total. The molecule has 0 bridgehead atoms. The van der Waals surface area contributed by atoms with Crippen molar-refractivity contribution in [1.29, 1.82) is 0 Å². The molecule has 0 saturated heterocycles. The summed E-state index contributed by atoms with van der Waals surface area (Å²) < 4.78 is 5.51. The Morgan fingerprint density at radius 1 is 0.355 bits per heavy atom. The lowest BCUT2D eigenvalue weighted by molar-refractivity contribution is -0.143. The van der Waals surface area contributed by atoms with E-state index in [1.165, 1.54) is 327 Å². The number of esters is 1. The summed E-state index contributed by atoms with van der Waals surface area (Å²) >= 11 is 0. The lowest BCUT2D eigenvalue weighted by atomic mass is 10.0. The highest BCUT2D eigenvalue weighted by molar-refractivity contribution is 5.76. The van der Waals surface area contributed by atoms with Gasteiger partial charge in [0.05, 0.1) is 25.4 Å². The first-order valence-corrected chi connectivity index (χ1v) is 34.9. The van der Waals surface area contributed by atoms with Gasteiger partial charge in [-0.1, -0.05) is 347 Å². The van der Waals surface area contributed by atoms with Crippen molar-refractivity contribution in [2.75, 3.05) is 13.2 Å². The van der Waals surface area contributed by atoms with E-state index in [9.17, 15) is 19.8 Å². The van der Waals surface area contributed by atoms with Crippen molar-refractivity contribution in [3.8, 4) is 0 Å². The second kappa shape index (κ2) is 66.1. The van der Waals surface area contributed by atoms with Gasteiger partial charge >= 0.3 is 5.97 Å². The molecule has 0 fully saturated rings. The smallest absolute Gasteiger partial charge is 0.305 e. The zero-order valence-electron chi connectivity index (χ0n) is 51.8. The Hall–Kier alpha value is -1.40. The quantitative estimate of drug-likeness (QED) is 0.0320. The van der Waals surface area contributed by atoms with Crippen molar-refractivity contribution >= 4 is 11.9 Å². The highest BCUT2D eigenvalue weighted by Crippen LogP contribution is 2.19. The summed E-state index contributed by atoms with van der Waals surface area (Å²) in [4.78, 5) is 24.6. The molecule has 0 aliphatic heterocycles. The molecule has 452 valence electrons. The van der Waals surface area contributed by atoms with Crippen LogP contribution in [0.25, 0.3) is 0 Å². The van der Waals surface area contributed by atoms with Gasteiger partial charge in [0.2, 0.25) is 5.91 Å². The van der Waals surface area contributed by atoms with Crippen molar-refractivity contribution in [1.82, 2.24) is 5.32 Å². The number of unbranched alkanes of at least 4 members (excludes halogenated alkanes) is 53. The van der Waals surface area contributed by atoms with Crippen LogP contribution in [0.4, 0.5) is 0 Å². The molecule has 0 aromatic rings. The average Bonchev–Trinajstić information content (AvgIpc) is 3.42. The molecular formula is C70H137NO5. The highest BCUT2D eigenvalue weighted by atomic mass is 16.5. The number of allylic oxidation sites excluding steroid dienone is 2. The number of hydrogen-bond donors (Lipinski definition) is 3. The van der Waals surface area contributed by atoms with Gasteiger partial charge in [0.25, 0.3) is 0 Å². The lowest BCUT2D eigenvalue weighted by Crippen LogP contribution is -2.45. The Balaban J connectivity index is 3.33. The Labute approximate surface area is 476 Å². The molecule has 0 aromatic carbocycles. The van der Waals surface area contributed by atoms with E-state index in [0.29, 0.717) is 25.9 Å². The largest absolute Gasteiger partial charge is 0.466 e. The van der Waals surface area contributed by atoms with E-state index in [4.69, 9.17) is 4.74 Å². The van der Waals surface area contributed by atoms with Crippen LogP contribution in [0.2, 0.25) is 0 Å². The van der Waals surface area contributed by atoms with Crippen LogP contribution < -0.4 is 5.32 Å². The Morgan fingerprint density at radius 2 is 0.618 bits per heavy atom. The van der Waals surface area contributed by atoms with Crippen molar-refractivity contribution in [3.63, 3.8) is 0 Å². The van der Waals surface area contributed by atoms with Gasteiger partial charge in [-0.25, -0.2) is 0 Å². The molecule has 76 heavy (non-hydrogen) atoms. The van der Waals surface area contributed by atoms with Gasteiger partial charge < -0.3 is 20.3 Å². The summed E-state index contributed by atoms with van der Waals surface area (Å²) in [5.74, 6) is -0.0129. The number of hydrogen-bond acceptors (Lipinski definition) is 5. The zero-order valence-corrected chi connectivity index (χ0v) is 51.8. The maximum Gasteiger partial charge on any atom is 0.305 e. The second-order valence-corrected chi connectivity index (χ2v) is 24.2. The molecule has 0 aliphatic carbocycles. The normalized spacial score (nSPS) is 12.5. The molecule has 2 atom stereocenters. The van der Waals surface area contributed by atoms with E-state index in [0.717, 1.165) is 38.5 Å². The molecule has 0 rings (SSSR count). The van der Waals surface area contributed by atoms with Crippen LogP contribution in [0.1, 0.15) is 399 Å². The predicted octanol–water partition coefficient (Wildman–Crippen LogP) is 22.4. The minimum Gasteiger partial charge on any atom is -0.466 e. The van der Waals surface area contributed by atoms with Crippen LogP contribution in [0, 0.1) is 0 Å². The zero-order chi connectivity index (χ0) is 55.0. The van der Waals surface area contributed by atoms with E-state index in [2.05, 4.69) is 31.3 Å². The molecule has 6 nitrogen and oxygen atoms in total. The number of carbonyl (C=O) groups is 2. The number of aliphatic hydroxyl groups excluding tert-OH is 2.